The van der Waals surface area contributed by atoms with Gasteiger partial charge in [-0.15, -0.1) is 0 Å². The van der Waals surface area contributed by atoms with E-state index in [2.05, 4.69) is 38.9 Å². The fourth-order valence-corrected chi connectivity index (χ4v) is 5.81. The molecule has 6 nitrogen and oxygen atoms in total. The van der Waals surface area contributed by atoms with Gasteiger partial charge in [0.25, 0.3) is 10.0 Å². The monoisotopic (exact) mass is 490 g/mol. The van der Waals surface area contributed by atoms with Crippen LogP contribution >= 0.6 is 0 Å². The Labute approximate surface area is 205 Å². The van der Waals surface area contributed by atoms with Gasteiger partial charge in [-0.25, -0.2) is 22.5 Å². The standard InChI is InChI=1S/C27H27FN4O2S/c1-19-29-27(18-31(19)2)35(33,34)30-25-15-23-14-22(21-8-11-24(28)12-9-21)10-13-26(23)32(17-25)16-20-6-4-3-5-7-20/h3-14,18,25,30H,15-17H2,1-2H3. The van der Waals surface area contributed by atoms with E-state index in [1.807, 2.05) is 24.3 Å². The van der Waals surface area contributed by atoms with Crippen molar-refractivity contribution < 1.29 is 12.8 Å². The van der Waals surface area contributed by atoms with E-state index in [1.54, 1.807) is 30.7 Å². The molecule has 1 unspecified atom stereocenters. The average molecular weight is 491 g/mol. The number of anilines is 1. The van der Waals surface area contributed by atoms with Gasteiger partial charge in [-0.2, -0.15) is 0 Å². The fraction of sp³-hybridized carbons (Fsp3) is 0.222. The van der Waals surface area contributed by atoms with Crippen LogP contribution in [0, 0.1) is 12.7 Å². The zero-order valence-electron chi connectivity index (χ0n) is 19.6. The van der Waals surface area contributed by atoms with E-state index in [0.717, 1.165) is 27.9 Å². The maximum atomic E-state index is 13.4. The predicted molar refractivity (Wildman–Crippen MR) is 135 cm³/mol. The predicted octanol–water partition coefficient (Wildman–Crippen LogP) is 4.44. The first kappa shape index (κ1) is 23.3. The van der Waals surface area contributed by atoms with Gasteiger partial charge in [-0.1, -0.05) is 48.5 Å². The smallest absolute Gasteiger partial charge is 0.259 e. The van der Waals surface area contributed by atoms with Crippen molar-refractivity contribution in [1.29, 1.82) is 0 Å². The van der Waals surface area contributed by atoms with Crippen molar-refractivity contribution in [1.82, 2.24) is 14.3 Å². The quantitative estimate of drug-likeness (QED) is 0.434. The van der Waals surface area contributed by atoms with Crippen LogP contribution in [0.4, 0.5) is 10.1 Å². The number of aryl methyl sites for hydroxylation is 2. The second kappa shape index (κ2) is 9.28. The van der Waals surface area contributed by atoms with Crippen molar-refractivity contribution >= 4 is 15.7 Å². The lowest BCUT2D eigenvalue weighted by molar-refractivity contribution is 0.522. The molecule has 1 aliphatic heterocycles. The summed E-state index contributed by atoms with van der Waals surface area (Å²) in [5.41, 5.74) is 5.13. The number of aromatic nitrogens is 2. The molecule has 0 radical (unpaired) electrons. The molecule has 1 aromatic heterocycles. The minimum absolute atomic E-state index is 0.0259. The Bertz CT molecular complexity index is 1430. The molecular formula is C27H27FN4O2S. The van der Waals surface area contributed by atoms with Gasteiger partial charge in [0.15, 0.2) is 5.03 Å². The van der Waals surface area contributed by atoms with E-state index in [9.17, 15) is 12.8 Å². The number of nitrogens with zero attached hydrogens (tertiary/aromatic N) is 3. The molecule has 0 saturated carbocycles. The van der Waals surface area contributed by atoms with Gasteiger partial charge in [-0.3, -0.25) is 0 Å². The molecular weight excluding hydrogens is 463 g/mol. The van der Waals surface area contributed by atoms with E-state index in [-0.39, 0.29) is 16.9 Å². The molecule has 1 N–H and O–H groups in total. The fourth-order valence-electron chi connectivity index (χ4n) is 4.54. The van der Waals surface area contributed by atoms with Gasteiger partial charge in [-0.05, 0) is 59.9 Å². The maximum Gasteiger partial charge on any atom is 0.259 e. The van der Waals surface area contributed by atoms with Crippen LogP contribution in [0.15, 0.2) is 84.0 Å². The molecule has 180 valence electrons. The van der Waals surface area contributed by atoms with Gasteiger partial charge < -0.3 is 9.47 Å². The first-order chi connectivity index (χ1) is 16.8. The highest BCUT2D eigenvalue weighted by atomic mass is 32.2. The van der Waals surface area contributed by atoms with Gasteiger partial charge in [0.05, 0.1) is 0 Å². The van der Waals surface area contributed by atoms with Crippen molar-refractivity contribution in [3.8, 4) is 11.1 Å². The molecule has 0 fully saturated rings. The third-order valence-electron chi connectivity index (χ3n) is 6.40. The van der Waals surface area contributed by atoms with E-state index in [1.165, 1.54) is 18.3 Å². The minimum atomic E-state index is -3.78. The Morgan fingerprint density at radius 1 is 1.03 bits per heavy atom. The summed E-state index contributed by atoms with van der Waals surface area (Å²) in [6.07, 6.45) is 2.07. The lowest BCUT2D eigenvalue weighted by atomic mass is 9.94. The number of rotatable bonds is 6. The van der Waals surface area contributed by atoms with E-state index in [4.69, 9.17) is 0 Å². The molecule has 2 heterocycles. The zero-order chi connectivity index (χ0) is 24.6. The van der Waals surface area contributed by atoms with Crippen LogP contribution < -0.4 is 9.62 Å². The van der Waals surface area contributed by atoms with E-state index >= 15 is 0 Å². The maximum absolute atomic E-state index is 13.4. The minimum Gasteiger partial charge on any atom is -0.365 e. The Kier molecular flexibility index (Phi) is 6.17. The number of benzene rings is 3. The molecule has 0 saturated heterocycles. The third kappa shape index (κ3) is 4.99. The number of sulfonamides is 1. The van der Waals surface area contributed by atoms with Crippen molar-refractivity contribution in [2.45, 2.75) is 31.0 Å². The molecule has 0 amide bonds. The molecule has 0 aliphatic carbocycles. The molecule has 5 rings (SSSR count). The second-order valence-electron chi connectivity index (χ2n) is 8.98. The van der Waals surface area contributed by atoms with Crippen LogP contribution in [-0.4, -0.2) is 30.6 Å². The van der Waals surface area contributed by atoms with E-state index in [0.29, 0.717) is 25.3 Å². The molecule has 1 atom stereocenters. The number of halogens is 1. The number of nitrogens with one attached hydrogen (secondary N) is 1. The third-order valence-corrected chi connectivity index (χ3v) is 7.80. The summed E-state index contributed by atoms with van der Waals surface area (Å²) in [6.45, 7) is 2.96. The number of imidazole rings is 1. The second-order valence-corrected chi connectivity index (χ2v) is 10.6. The van der Waals surface area contributed by atoms with Crippen molar-refractivity contribution in [3.63, 3.8) is 0 Å². The highest BCUT2D eigenvalue weighted by Gasteiger charge is 2.30. The van der Waals surface area contributed by atoms with E-state index < -0.39 is 10.0 Å². The first-order valence-electron chi connectivity index (χ1n) is 11.5. The highest BCUT2D eigenvalue weighted by molar-refractivity contribution is 7.89. The molecule has 35 heavy (non-hydrogen) atoms. The molecule has 8 heteroatoms. The van der Waals surface area contributed by atoms with Crippen molar-refractivity contribution in [3.05, 3.63) is 102 Å². The number of hydrogen-bond acceptors (Lipinski definition) is 4. The van der Waals surface area contributed by atoms with Crippen LogP contribution in [0.1, 0.15) is 17.0 Å². The zero-order valence-corrected chi connectivity index (χ0v) is 20.5. The summed E-state index contributed by atoms with van der Waals surface area (Å²) >= 11 is 0. The van der Waals surface area contributed by atoms with Gasteiger partial charge >= 0.3 is 0 Å². The highest BCUT2D eigenvalue weighted by Crippen LogP contribution is 2.33. The summed E-state index contributed by atoms with van der Waals surface area (Å²) in [4.78, 5) is 6.42. The Hall–Kier alpha value is -3.49. The summed E-state index contributed by atoms with van der Waals surface area (Å²) in [7, 11) is -2.00. The normalized spacial score (nSPS) is 15.7. The summed E-state index contributed by atoms with van der Waals surface area (Å²) in [6, 6.07) is 22.4. The summed E-state index contributed by atoms with van der Waals surface area (Å²) in [5.74, 6) is 0.356. The van der Waals surface area contributed by atoms with Crippen molar-refractivity contribution in [2.75, 3.05) is 11.4 Å². The van der Waals surface area contributed by atoms with Crippen molar-refractivity contribution in [2.24, 2.45) is 7.05 Å². The first-order valence-corrected chi connectivity index (χ1v) is 13.0. The van der Waals surface area contributed by atoms with Crippen LogP contribution in [0.5, 0.6) is 0 Å². The summed E-state index contributed by atoms with van der Waals surface area (Å²) in [5, 5.41) is 0.0259. The molecule has 0 spiro atoms. The molecule has 4 aromatic rings. The van der Waals surface area contributed by atoms with Crippen LogP contribution in [0.3, 0.4) is 0 Å². The van der Waals surface area contributed by atoms with Gasteiger partial charge in [0, 0.05) is 38.1 Å². The summed E-state index contributed by atoms with van der Waals surface area (Å²) < 4.78 is 44.3. The molecule has 3 aromatic carbocycles. The van der Waals surface area contributed by atoms with Gasteiger partial charge in [0.2, 0.25) is 0 Å². The Morgan fingerprint density at radius 2 is 1.74 bits per heavy atom. The molecule has 1 aliphatic rings. The van der Waals surface area contributed by atoms with Gasteiger partial charge in [0.1, 0.15) is 11.6 Å². The SMILES string of the molecule is Cc1nc(S(=O)(=O)NC2Cc3cc(-c4ccc(F)cc4)ccc3N(Cc3ccccc3)C2)cn1C. The number of hydrogen-bond donors (Lipinski definition) is 1. The lowest BCUT2D eigenvalue weighted by Crippen LogP contribution is -2.48. The van der Waals surface area contributed by atoms with Crippen LogP contribution in [0.25, 0.3) is 11.1 Å². The van der Waals surface area contributed by atoms with Crippen LogP contribution in [0.2, 0.25) is 0 Å². The topological polar surface area (TPSA) is 67.2 Å². The number of fused-ring (bicyclic) bond motifs is 1. The van der Waals surface area contributed by atoms with Crippen LogP contribution in [-0.2, 0) is 30.0 Å². The average Bonchev–Trinajstić information content (AvgIpc) is 3.19. The Balaban J connectivity index is 1.48. The lowest BCUT2D eigenvalue weighted by Gasteiger charge is -2.36. The molecule has 0 bridgehead atoms. The largest absolute Gasteiger partial charge is 0.365 e. The Morgan fingerprint density at radius 3 is 2.43 bits per heavy atom.